The summed E-state index contributed by atoms with van der Waals surface area (Å²) in [5, 5.41) is 29.0. The number of hydrogen-bond acceptors (Lipinski definition) is 7. The second kappa shape index (κ2) is 12.0. The second-order valence-electron chi connectivity index (χ2n) is 10.1. The predicted molar refractivity (Wildman–Crippen MR) is 148 cm³/mol. The van der Waals surface area contributed by atoms with Crippen molar-refractivity contribution in [2.75, 3.05) is 11.4 Å². The van der Waals surface area contributed by atoms with Crippen molar-refractivity contribution >= 4 is 11.8 Å². The molecule has 0 bridgehead atoms. The quantitative estimate of drug-likeness (QED) is 0.283. The molecule has 1 aliphatic rings. The van der Waals surface area contributed by atoms with Gasteiger partial charge in [-0.3, -0.25) is 0 Å². The van der Waals surface area contributed by atoms with Gasteiger partial charge in [0.15, 0.2) is 0 Å². The first-order chi connectivity index (χ1) is 20.6. The number of carbonyl (C=O) groups is 1. The molecule has 4 aromatic rings. The number of imidazole rings is 1. The normalized spacial score (nSPS) is 15.6. The molecular formula is C31H25F3N6O3. The molecule has 1 unspecified atom stereocenters. The van der Waals surface area contributed by atoms with Crippen molar-refractivity contribution in [3.63, 3.8) is 0 Å². The van der Waals surface area contributed by atoms with E-state index < -0.39 is 29.9 Å². The Morgan fingerprint density at radius 3 is 2.53 bits per heavy atom. The van der Waals surface area contributed by atoms with E-state index >= 15 is 0 Å². The van der Waals surface area contributed by atoms with E-state index in [2.05, 4.69) is 16.0 Å². The van der Waals surface area contributed by atoms with Crippen molar-refractivity contribution < 1.29 is 27.8 Å². The van der Waals surface area contributed by atoms with Gasteiger partial charge in [0.25, 0.3) is 0 Å². The molecule has 1 aliphatic heterocycles. The number of aromatic nitrogens is 3. The molecule has 1 fully saturated rings. The van der Waals surface area contributed by atoms with Gasteiger partial charge in [0, 0.05) is 19.2 Å². The lowest BCUT2D eigenvalue weighted by molar-refractivity contribution is -0.138. The highest BCUT2D eigenvalue weighted by atomic mass is 19.4. The van der Waals surface area contributed by atoms with Crippen molar-refractivity contribution in [3.05, 3.63) is 101 Å². The van der Waals surface area contributed by atoms with E-state index in [4.69, 9.17) is 4.74 Å². The van der Waals surface area contributed by atoms with E-state index in [-0.39, 0.29) is 34.7 Å². The van der Waals surface area contributed by atoms with Crippen LogP contribution < -0.4 is 4.90 Å². The van der Waals surface area contributed by atoms with Crippen LogP contribution in [-0.4, -0.2) is 38.2 Å². The molecule has 2 aromatic heterocycles. The second-order valence-corrected chi connectivity index (χ2v) is 10.1. The highest BCUT2D eigenvalue weighted by molar-refractivity contribution is 5.79. The molecule has 1 saturated heterocycles. The smallest absolute Gasteiger partial charge is 0.417 e. The third-order valence-corrected chi connectivity index (χ3v) is 7.37. The minimum absolute atomic E-state index is 0.0706. The van der Waals surface area contributed by atoms with Gasteiger partial charge in [-0.25, -0.2) is 14.8 Å². The van der Waals surface area contributed by atoms with E-state index in [0.717, 1.165) is 6.07 Å². The molecule has 5 rings (SSSR count). The minimum atomic E-state index is -4.63. The fraction of sp³-hybridized carbons (Fsp3) is 0.258. The number of pyridine rings is 1. The van der Waals surface area contributed by atoms with Crippen LogP contribution in [-0.2, 0) is 29.4 Å². The zero-order valence-corrected chi connectivity index (χ0v) is 22.9. The minimum Gasteiger partial charge on any atom is -0.480 e. The van der Waals surface area contributed by atoms with E-state index in [1.165, 1.54) is 30.3 Å². The number of hydrogen-bond donors (Lipinski definition) is 1. The third-order valence-electron chi connectivity index (χ3n) is 7.37. The van der Waals surface area contributed by atoms with Crippen LogP contribution in [0.2, 0.25) is 0 Å². The number of nitrogens with zero attached hydrogens (tertiary/aromatic N) is 6. The van der Waals surface area contributed by atoms with Gasteiger partial charge in [-0.15, -0.1) is 0 Å². The summed E-state index contributed by atoms with van der Waals surface area (Å²) in [6.07, 6.45) is -1.24. The Balaban J connectivity index is 1.53. The Labute approximate surface area is 245 Å². The molecule has 9 nitrogen and oxygen atoms in total. The fourth-order valence-electron chi connectivity index (χ4n) is 5.30. The lowest BCUT2D eigenvalue weighted by Gasteiger charge is -2.24. The number of anilines is 1. The number of carboxylic acids is 1. The summed E-state index contributed by atoms with van der Waals surface area (Å²) >= 11 is 0. The number of carboxylic acid groups (broad SMARTS) is 1. The molecule has 218 valence electrons. The SMILES string of the molecule is Cn1cncc1C(OCc1ccc(C#N)c(N2CCC[C@@H]2C(=O)O)n1)c1ccc(C#N)c(-c2ccccc2C(F)(F)F)c1. The number of nitriles is 2. The average molecular weight is 587 g/mol. The monoisotopic (exact) mass is 586 g/mol. The molecule has 0 spiro atoms. The first-order valence-corrected chi connectivity index (χ1v) is 13.3. The van der Waals surface area contributed by atoms with Crippen molar-refractivity contribution in [1.82, 2.24) is 14.5 Å². The van der Waals surface area contributed by atoms with E-state index in [1.807, 2.05) is 6.07 Å². The number of ether oxygens (including phenoxy) is 1. The molecular weight excluding hydrogens is 561 g/mol. The molecule has 0 aliphatic carbocycles. The topological polar surface area (TPSA) is 128 Å². The number of aliphatic carboxylic acids is 1. The summed E-state index contributed by atoms with van der Waals surface area (Å²) in [4.78, 5) is 22.1. The van der Waals surface area contributed by atoms with Gasteiger partial charge < -0.3 is 19.3 Å². The van der Waals surface area contributed by atoms with E-state index in [9.17, 15) is 33.6 Å². The maximum absolute atomic E-state index is 13.9. The van der Waals surface area contributed by atoms with Gasteiger partial charge in [0.2, 0.25) is 0 Å². The molecule has 1 N–H and O–H groups in total. The summed E-state index contributed by atoms with van der Waals surface area (Å²) in [6.45, 7) is 0.364. The van der Waals surface area contributed by atoms with Gasteiger partial charge in [-0.05, 0) is 54.3 Å². The number of benzene rings is 2. The Kier molecular flexibility index (Phi) is 8.15. The number of alkyl halides is 3. The summed E-state index contributed by atoms with van der Waals surface area (Å²) in [7, 11) is 1.75. The van der Waals surface area contributed by atoms with Crippen LogP contribution in [0.4, 0.5) is 19.0 Å². The zero-order chi connectivity index (χ0) is 30.7. The maximum Gasteiger partial charge on any atom is 0.417 e. The van der Waals surface area contributed by atoms with Crippen molar-refractivity contribution in [3.8, 4) is 23.3 Å². The zero-order valence-electron chi connectivity index (χ0n) is 22.9. The number of rotatable bonds is 8. The summed E-state index contributed by atoms with van der Waals surface area (Å²) in [5.41, 5.74) is 0.922. The third kappa shape index (κ3) is 5.92. The molecule has 43 heavy (non-hydrogen) atoms. The number of aryl methyl sites for hydroxylation is 1. The van der Waals surface area contributed by atoms with Gasteiger partial charge in [-0.2, -0.15) is 23.7 Å². The van der Waals surface area contributed by atoms with Gasteiger partial charge in [0.1, 0.15) is 24.0 Å². The van der Waals surface area contributed by atoms with Gasteiger partial charge in [0.05, 0.1) is 53.3 Å². The fourth-order valence-corrected chi connectivity index (χ4v) is 5.30. The summed E-state index contributed by atoms with van der Waals surface area (Å²) < 4.78 is 49.7. The van der Waals surface area contributed by atoms with Crippen LogP contribution in [0.5, 0.6) is 0 Å². The highest BCUT2D eigenvalue weighted by Gasteiger charge is 2.35. The van der Waals surface area contributed by atoms with Crippen molar-refractivity contribution in [2.24, 2.45) is 7.05 Å². The lowest BCUT2D eigenvalue weighted by Crippen LogP contribution is -2.37. The lowest BCUT2D eigenvalue weighted by atomic mass is 9.92. The van der Waals surface area contributed by atoms with E-state index in [1.54, 1.807) is 47.2 Å². The van der Waals surface area contributed by atoms with E-state index in [0.29, 0.717) is 36.3 Å². The van der Waals surface area contributed by atoms with Gasteiger partial charge in [-0.1, -0.05) is 24.3 Å². The summed E-state index contributed by atoms with van der Waals surface area (Å²) in [5.74, 6) is -0.736. The Morgan fingerprint density at radius 1 is 1.12 bits per heavy atom. The first kappa shape index (κ1) is 29.3. The highest BCUT2D eigenvalue weighted by Crippen LogP contribution is 2.40. The Morgan fingerprint density at radius 2 is 1.86 bits per heavy atom. The molecule has 2 atom stereocenters. The molecule has 0 saturated carbocycles. The van der Waals surface area contributed by atoms with Crippen LogP contribution in [0, 0.1) is 22.7 Å². The molecule has 0 radical (unpaired) electrons. The van der Waals surface area contributed by atoms with Crippen molar-refractivity contribution in [1.29, 1.82) is 10.5 Å². The Bertz CT molecular complexity index is 1750. The first-order valence-electron chi connectivity index (χ1n) is 13.3. The van der Waals surface area contributed by atoms with Crippen LogP contribution in [0.15, 0.2) is 67.1 Å². The predicted octanol–water partition coefficient (Wildman–Crippen LogP) is 5.60. The standard InChI is InChI=1S/C31H25F3N6O3/c1-39-18-37-16-27(39)28(19-8-9-20(14-35)24(13-19)23-5-2-3-6-25(23)31(32,33)34)43-17-22-11-10-21(15-36)29(38-22)40-12-4-7-26(40)30(41)42/h2-3,5-6,8-11,13,16,18,26,28H,4,7,12,17H2,1H3,(H,41,42)/t26-,28?/m1/s1. The van der Waals surface area contributed by atoms with Crippen molar-refractivity contribution in [2.45, 2.75) is 37.8 Å². The molecule has 12 heteroatoms. The largest absolute Gasteiger partial charge is 0.480 e. The van der Waals surface area contributed by atoms with Crippen LogP contribution >= 0.6 is 0 Å². The van der Waals surface area contributed by atoms with Crippen LogP contribution in [0.25, 0.3) is 11.1 Å². The molecule has 3 heterocycles. The molecule has 2 aromatic carbocycles. The van der Waals surface area contributed by atoms with Crippen LogP contribution in [0.1, 0.15) is 52.6 Å². The summed E-state index contributed by atoms with van der Waals surface area (Å²) in [6, 6.07) is 16.1. The van der Waals surface area contributed by atoms with Gasteiger partial charge >= 0.3 is 12.1 Å². The Hall–Kier alpha value is -5.20. The number of halogens is 3. The molecule has 0 amide bonds. The maximum atomic E-state index is 13.9. The van der Waals surface area contributed by atoms with Crippen LogP contribution in [0.3, 0.4) is 0 Å². The average Bonchev–Trinajstić information content (AvgIpc) is 3.66.